The first kappa shape index (κ1) is 23.4. The van der Waals surface area contributed by atoms with Crippen LogP contribution >= 0.6 is 23.2 Å². The van der Waals surface area contributed by atoms with Crippen LogP contribution in [0, 0.1) is 0 Å². The Morgan fingerprint density at radius 1 is 1.06 bits per heavy atom. The second-order valence-electron chi connectivity index (χ2n) is 7.28. The number of piperidine rings is 1. The maximum atomic E-state index is 12.7. The zero-order valence-electron chi connectivity index (χ0n) is 16.5. The van der Waals surface area contributed by atoms with Crippen molar-refractivity contribution in [3.05, 3.63) is 64.7 Å². The Morgan fingerprint density at radius 3 is 2.26 bits per heavy atom. The Kier molecular flexibility index (Phi) is 7.49. The first-order chi connectivity index (χ1) is 14.7. The molecule has 1 saturated heterocycles. The number of nitrogens with zero attached hydrogens (tertiary/aromatic N) is 2. The Morgan fingerprint density at radius 2 is 1.71 bits per heavy atom. The van der Waals surface area contributed by atoms with Gasteiger partial charge in [-0.1, -0.05) is 17.7 Å². The SMILES string of the molecule is O=C(c1ccc(C(F)(F)F)cc1)N1CCC(N(C(=O)CCCl)c2cccc(Cl)c2)CC1. The number of likely N-dealkylation sites (tertiary alicyclic amines) is 1. The fourth-order valence-electron chi connectivity index (χ4n) is 3.70. The molecule has 0 aromatic heterocycles. The van der Waals surface area contributed by atoms with Crippen molar-refractivity contribution in [2.75, 3.05) is 23.9 Å². The summed E-state index contributed by atoms with van der Waals surface area (Å²) in [6.07, 6.45) is -3.20. The standard InChI is InChI=1S/C22H21Cl2F3N2O2/c23-11-8-20(30)29(19-3-1-2-17(24)14-19)18-9-12-28(13-10-18)21(31)15-4-6-16(7-5-15)22(25,26)27/h1-7,14,18H,8-13H2. The van der Waals surface area contributed by atoms with Gasteiger partial charge in [0.25, 0.3) is 5.91 Å². The van der Waals surface area contributed by atoms with E-state index in [2.05, 4.69) is 0 Å². The molecule has 2 amide bonds. The minimum atomic E-state index is -4.45. The molecular formula is C22H21Cl2F3N2O2. The molecule has 0 bridgehead atoms. The van der Waals surface area contributed by atoms with Crippen LogP contribution in [0.2, 0.25) is 5.02 Å². The minimum Gasteiger partial charge on any atom is -0.338 e. The molecule has 0 radical (unpaired) electrons. The molecule has 9 heteroatoms. The minimum absolute atomic E-state index is 0.121. The summed E-state index contributed by atoms with van der Waals surface area (Å²) < 4.78 is 38.2. The van der Waals surface area contributed by atoms with Crippen molar-refractivity contribution >= 4 is 40.7 Å². The number of carbonyl (C=O) groups excluding carboxylic acids is 2. The topological polar surface area (TPSA) is 40.6 Å². The van der Waals surface area contributed by atoms with Gasteiger partial charge in [0, 0.05) is 47.7 Å². The molecule has 0 N–H and O–H groups in total. The van der Waals surface area contributed by atoms with Crippen molar-refractivity contribution in [3.63, 3.8) is 0 Å². The van der Waals surface area contributed by atoms with E-state index in [1.807, 2.05) is 0 Å². The van der Waals surface area contributed by atoms with E-state index in [9.17, 15) is 22.8 Å². The summed E-state index contributed by atoms with van der Waals surface area (Å²) >= 11 is 11.9. The van der Waals surface area contributed by atoms with Crippen molar-refractivity contribution in [2.24, 2.45) is 0 Å². The quantitative estimate of drug-likeness (QED) is 0.529. The number of alkyl halides is 4. The van der Waals surface area contributed by atoms with Crippen LogP contribution in [0.15, 0.2) is 48.5 Å². The van der Waals surface area contributed by atoms with Gasteiger partial charge < -0.3 is 9.80 Å². The molecule has 1 aliphatic heterocycles. The molecule has 0 spiro atoms. The van der Waals surface area contributed by atoms with Crippen LogP contribution in [-0.4, -0.2) is 41.7 Å². The zero-order chi connectivity index (χ0) is 22.6. The molecule has 0 saturated carbocycles. The van der Waals surface area contributed by atoms with Gasteiger partial charge in [-0.2, -0.15) is 13.2 Å². The predicted octanol–water partition coefficient (Wildman–Crippen LogP) is 5.63. The van der Waals surface area contributed by atoms with Crippen LogP contribution in [0.25, 0.3) is 0 Å². The molecule has 1 aliphatic rings. The third kappa shape index (κ3) is 5.71. The van der Waals surface area contributed by atoms with Crippen LogP contribution in [0.4, 0.5) is 18.9 Å². The normalized spacial score (nSPS) is 15.1. The fourth-order valence-corrected chi connectivity index (χ4v) is 4.04. The lowest BCUT2D eigenvalue weighted by atomic mass is 10.0. The van der Waals surface area contributed by atoms with Crippen molar-refractivity contribution < 1.29 is 22.8 Å². The van der Waals surface area contributed by atoms with Gasteiger partial charge in [0.2, 0.25) is 5.91 Å². The van der Waals surface area contributed by atoms with Crippen LogP contribution in [0.1, 0.15) is 35.2 Å². The van der Waals surface area contributed by atoms with E-state index in [-0.39, 0.29) is 35.7 Å². The van der Waals surface area contributed by atoms with E-state index >= 15 is 0 Å². The summed E-state index contributed by atoms with van der Waals surface area (Å²) in [5, 5.41) is 0.510. The molecule has 166 valence electrons. The van der Waals surface area contributed by atoms with E-state index < -0.39 is 11.7 Å². The number of rotatable bonds is 5. The molecule has 0 aliphatic carbocycles. The number of hydrogen-bond acceptors (Lipinski definition) is 2. The van der Waals surface area contributed by atoms with Gasteiger partial charge in [-0.15, -0.1) is 11.6 Å². The number of amides is 2. The smallest absolute Gasteiger partial charge is 0.338 e. The summed E-state index contributed by atoms with van der Waals surface area (Å²) in [5.74, 6) is -0.250. The highest BCUT2D eigenvalue weighted by molar-refractivity contribution is 6.31. The van der Waals surface area contributed by atoms with E-state index in [1.54, 1.807) is 34.1 Å². The maximum absolute atomic E-state index is 12.7. The lowest BCUT2D eigenvalue weighted by Crippen LogP contribution is -2.49. The van der Waals surface area contributed by atoms with Crippen LogP contribution < -0.4 is 4.90 Å². The molecule has 0 unspecified atom stereocenters. The fraction of sp³-hybridized carbons (Fsp3) is 0.364. The third-order valence-corrected chi connectivity index (χ3v) is 5.66. The Labute approximate surface area is 188 Å². The van der Waals surface area contributed by atoms with Gasteiger partial charge in [-0.05, 0) is 55.3 Å². The highest BCUT2D eigenvalue weighted by atomic mass is 35.5. The Balaban J connectivity index is 1.70. The number of anilines is 1. The number of carbonyl (C=O) groups is 2. The molecule has 1 heterocycles. The number of halogens is 5. The van der Waals surface area contributed by atoms with E-state index in [1.165, 1.54) is 12.1 Å². The van der Waals surface area contributed by atoms with Gasteiger partial charge in [0.1, 0.15) is 0 Å². The number of hydrogen-bond donors (Lipinski definition) is 0. The molecule has 31 heavy (non-hydrogen) atoms. The van der Waals surface area contributed by atoms with Gasteiger partial charge in [0.15, 0.2) is 0 Å². The van der Waals surface area contributed by atoms with Crippen LogP contribution in [0.5, 0.6) is 0 Å². The zero-order valence-corrected chi connectivity index (χ0v) is 18.1. The summed E-state index contributed by atoms with van der Waals surface area (Å²) in [7, 11) is 0. The average molecular weight is 473 g/mol. The van der Waals surface area contributed by atoms with E-state index in [4.69, 9.17) is 23.2 Å². The Hall–Kier alpha value is -2.25. The second kappa shape index (κ2) is 9.92. The molecule has 1 fully saturated rings. The summed E-state index contributed by atoms with van der Waals surface area (Å²) in [6, 6.07) is 11.1. The van der Waals surface area contributed by atoms with Crippen molar-refractivity contribution in [1.29, 1.82) is 0 Å². The molecular weight excluding hydrogens is 452 g/mol. The molecule has 0 atom stereocenters. The third-order valence-electron chi connectivity index (χ3n) is 5.24. The van der Waals surface area contributed by atoms with Gasteiger partial charge >= 0.3 is 6.18 Å². The summed E-state index contributed by atoms with van der Waals surface area (Å²) in [4.78, 5) is 28.7. The monoisotopic (exact) mass is 472 g/mol. The predicted molar refractivity (Wildman–Crippen MR) is 115 cm³/mol. The van der Waals surface area contributed by atoms with Gasteiger partial charge in [0.05, 0.1) is 5.56 Å². The van der Waals surface area contributed by atoms with Crippen LogP contribution in [-0.2, 0) is 11.0 Å². The summed E-state index contributed by atoms with van der Waals surface area (Å²) in [6.45, 7) is 0.769. The number of benzene rings is 2. The van der Waals surface area contributed by atoms with Crippen molar-refractivity contribution in [2.45, 2.75) is 31.5 Å². The van der Waals surface area contributed by atoms with Crippen molar-refractivity contribution in [1.82, 2.24) is 4.90 Å². The van der Waals surface area contributed by atoms with E-state index in [0.717, 1.165) is 12.1 Å². The largest absolute Gasteiger partial charge is 0.416 e. The second-order valence-corrected chi connectivity index (χ2v) is 8.10. The van der Waals surface area contributed by atoms with Gasteiger partial charge in [-0.25, -0.2) is 0 Å². The first-order valence-electron chi connectivity index (χ1n) is 9.81. The molecule has 2 aromatic rings. The molecule has 4 nitrogen and oxygen atoms in total. The maximum Gasteiger partial charge on any atom is 0.416 e. The highest BCUT2D eigenvalue weighted by Crippen LogP contribution is 2.30. The Bertz CT molecular complexity index is 927. The highest BCUT2D eigenvalue weighted by Gasteiger charge is 2.32. The lowest BCUT2D eigenvalue weighted by Gasteiger charge is -2.38. The van der Waals surface area contributed by atoms with Crippen LogP contribution in [0.3, 0.4) is 0 Å². The summed E-state index contributed by atoms with van der Waals surface area (Å²) in [5.41, 5.74) is 0.0872. The van der Waals surface area contributed by atoms with E-state index in [0.29, 0.717) is 36.6 Å². The first-order valence-corrected chi connectivity index (χ1v) is 10.7. The average Bonchev–Trinajstić information content (AvgIpc) is 2.74. The lowest BCUT2D eigenvalue weighted by molar-refractivity contribution is -0.137. The van der Waals surface area contributed by atoms with Gasteiger partial charge in [-0.3, -0.25) is 9.59 Å². The van der Waals surface area contributed by atoms with Crippen molar-refractivity contribution in [3.8, 4) is 0 Å². The molecule has 2 aromatic carbocycles. The molecule has 3 rings (SSSR count).